The van der Waals surface area contributed by atoms with Crippen molar-refractivity contribution in [2.45, 2.75) is 36.7 Å². The first-order valence-electron chi connectivity index (χ1n) is 8.94. The molecule has 0 bridgehead atoms. The summed E-state index contributed by atoms with van der Waals surface area (Å²) >= 11 is 9.56. The van der Waals surface area contributed by atoms with Gasteiger partial charge in [0.2, 0.25) is 0 Å². The van der Waals surface area contributed by atoms with Crippen molar-refractivity contribution < 1.29 is 4.42 Å². The highest BCUT2D eigenvalue weighted by atomic mass is 35.5. The summed E-state index contributed by atoms with van der Waals surface area (Å²) in [6.07, 6.45) is 2.30. The van der Waals surface area contributed by atoms with Gasteiger partial charge in [-0.3, -0.25) is 4.57 Å². The molecule has 1 aromatic carbocycles. The fourth-order valence-electron chi connectivity index (χ4n) is 3.22. The highest BCUT2D eigenvalue weighted by molar-refractivity contribution is 7.98. The highest BCUT2D eigenvalue weighted by Crippen LogP contribution is 2.42. The molecule has 0 radical (unpaired) electrons. The van der Waals surface area contributed by atoms with E-state index in [0.717, 1.165) is 45.2 Å². The fraction of sp³-hybridized carbons (Fsp3) is 0.250. The van der Waals surface area contributed by atoms with Gasteiger partial charge in [0.15, 0.2) is 11.0 Å². The summed E-state index contributed by atoms with van der Waals surface area (Å²) in [5.74, 6) is 1.52. The Morgan fingerprint density at radius 1 is 1.32 bits per heavy atom. The van der Waals surface area contributed by atoms with Crippen LogP contribution < -0.4 is 5.63 Å². The van der Waals surface area contributed by atoms with Crippen LogP contribution in [-0.4, -0.2) is 14.8 Å². The Hall–Kier alpha value is -2.09. The number of halogens is 1. The van der Waals surface area contributed by atoms with E-state index in [1.165, 1.54) is 0 Å². The molecule has 3 aromatic heterocycles. The van der Waals surface area contributed by atoms with Gasteiger partial charge in [-0.25, -0.2) is 4.79 Å². The normalized spacial score (nSPS) is 14.1. The molecule has 5 rings (SSSR count). The SMILES string of the molecule is Cc1cc2oc(=O)cc(CSc3nnc(-c4cccs4)n3C3CC3)c2cc1Cl. The Morgan fingerprint density at radius 2 is 2.18 bits per heavy atom. The molecule has 4 aromatic rings. The number of benzene rings is 1. The lowest BCUT2D eigenvalue weighted by molar-refractivity contribution is 0.559. The molecule has 8 heteroatoms. The summed E-state index contributed by atoms with van der Waals surface area (Å²) in [6.45, 7) is 1.90. The predicted molar refractivity (Wildman–Crippen MR) is 113 cm³/mol. The maximum absolute atomic E-state index is 12.0. The smallest absolute Gasteiger partial charge is 0.336 e. The van der Waals surface area contributed by atoms with E-state index in [2.05, 4.69) is 26.2 Å². The van der Waals surface area contributed by atoms with E-state index in [-0.39, 0.29) is 5.63 Å². The van der Waals surface area contributed by atoms with Gasteiger partial charge >= 0.3 is 5.63 Å². The van der Waals surface area contributed by atoms with Crippen LogP contribution in [-0.2, 0) is 5.75 Å². The molecule has 0 atom stereocenters. The van der Waals surface area contributed by atoms with Gasteiger partial charge in [-0.05, 0) is 54.5 Å². The summed E-state index contributed by atoms with van der Waals surface area (Å²) in [6, 6.07) is 9.79. The summed E-state index contributed by atoms with van der Waals surface area (Å²) in [5, 5.41) is 13.3. The number of hydrogen-bond donors (Lipinski definition) is 0. The van der Waals surface area contributed by atoms with Crippen molar-refractivity contribution in [1.29, 1.82) is 0 Å². The van der Waals surface area contributed by atoms with E-state index < -0.39 is 0 Å². The molecule has 3 heterocycles. The monoisotopic (exact) mass is 429 g/mol. The minimum absolute atomic E-state index is 0.354. The van der Waals surface area contributed by atoms with Crippen molar-refractivity contribution >= 4 is 45.7 Å². The quantitative estimate of drug-likeness (QED) is 0.300. The number of thioether (sulfide) groups is 1. The Balaban J connectivity index is 1.51. The minimum atomic E-state index is -0.354. The Labute approximate surface area is 174 Å². The molecule has 1 fully saturated rings. The molecular weight excluding hydrogens is 414 g/mol. The van der Waals surface area contributed by atoms with Crippen LogP contribution in [0.15, 0.2) is 50.1 Å². The van der Waals surface area contributed by atoms with Crippen LogP contribution in [0.25, 0.3) is 21.7 Å². The van der Waals surface area contributed by atoms with Gasteiger partial charge in [0.1, 0.15) is 5.58 Å². The van der Waals surface area contributed by atoms with Crippen LogP contribution in [0.5, 0.6) is 0 Å². The zero-order valence-electron chi connectivity index (χ0n) is 15.0. The van der Waals surface area contributed by atoms with Gasteiger partial charge in [0.25, 0.3) is 0 Å². The van der Waals surface area contributed by atoms with E-state index in [9.17, 15) is 4.79 Å². The average Bonchev–Trinajstić information content (AvgIpc) is 3.19. The van der Waals surface area contributed by atoms with Crippen molar-refractivity contribution in [2.75, 3.05) is 0 Å². The number of fused-ring (bicyclic) bond motifs is 1. The van der Waals surface area contributed by atoms with Gasteiger partial charge < -0.3 is 4.42 Å². The number of hydrogen-bond acceptors (Lipinski definition) is 6. The Morgan fingerprint density at radius 3 is 2.93 bits per heavy atom. The van der Waals surface area contributed by atoms with Crippen LogP contribution in [0.1, 0.15) is 30.0 Å². The van der Waals surface area contributed by atoms with Gasteiger partial charge in [-0.1, -0.05) is 29.4 Å². The third kappa shape index (κ3) is 3.27. The third-order valence-electron chi connectivity index (χ3n) is 4.78. The highest BCUT2D eigenvalue weighted by Gasteiger charge is 2.30. The molecule has 0 amide bonds. The van der Waals surface area contributed by atoms with Crippen LogP contribution in [0, 0.1) is 6.92 Å². The number of thiophene rings is 1. The minimum Gasteiger partial charge on any atom is -0.423 e. The molecule has 0 unspecified atom stereocenters. The van der Waals surface area contributed by atoms with E-state index >= 15 is 0 Å². The second-order valence-corrected chi connectivity index (χ2v) is 9.16. The summed E-state index contributed by atoms with van der Waals surface area (Å²) in [4.78, 5) is 13.1. The Kier molecular flexibility index (Phi) is 4.53. The Bertz CT molecular complexity index is 1230. The maximum atomic E-state index is 12.0. The maximum Gasteiger partial charge on any atom is 0.336 e. The number of rotatable bonds is 5. The van der Waals surface area contributed by atoms with Crippen molar-refractivity contribution in [3.8, 4) is 10.7 Å². The van der Waals surface area contributed by atoms with Crippen LogP contribution >= 0.6 is 34.7 Å². The molecule has 5 nitrogen and oxygen atoms in total. The van der Waals surface area contributed by atoms with Gasteiger partial charge in [0.05, 0.1) is 4.88 Å². The standard InChI is InChI=1S/C20H16ClN3O2S2/c1-11-7-16-14(9-15(11)21)12(8-18(25)26-16)10-28-20-23-22-19(17-3-2-6-27-17)24(20)13-4-5-13/h2-3,6-9,13H,4-5,10H2,1H3. The summed E-state index contributed by atoms with van der Waals surface area (Å²) < 4.78 is 7.60. The first-order chi connectivity index (χ1) is 13.6. The molecule has 28 heavy (non-hydrogen) atoms. The zero-order valence-corrected chi connectivity index (χ0v) is 17.4. The first kappa shape index (κ1) is 18.0. The lowest BCUT2D eigenvalue weighted by Gasteiger charge is -2.09. The van der Waals surface area contributed by atoms with Gasteiger partial charge in [0, 0.05) is 28.3 Å². The summed E-state index contributed by atoms with van der Waals surface area (Å²) in [7, 11) is 0. The van der Waals surface area contributed by atoms with Crippen molar-refractivity contribution in [1.82, 2.24) is 14.8 Å². The lowest BCUT2D eigenvalue weighted by atomic mass is 10.1. The number of nitrogens with zero attached hydrogens (tertiary/aromatic N) is 3. The van der Waals surface area contributed by atoms with Crippen LogP contribution in [0.4, 0.5) is 0 Å². The predicted octanol–water partition coefficient (Wildman–Crippen LogP) is 5.70. The topological polar surface area (TPSA) is 60.9 Å². The molecular formula is C20H16ClN3O2S2. The molecule has 1 saturated carbocycles. The van der Waals surface area contributed by atoms with Crippen molar-refractivity contribution in [3.63, 3.8) is 0 Å². The average molecular weight is 430 g/mol. The fourth-order valence-corrected chi connectivity index (χ4v) is 5.09. The molecule has 1 aliphatic carbocycles. The zero-order chi connectivity index (χ0) is 19.3. The lowest BCUT2D eigenvalue weighted by Crippen LogP contribution is -2.02. The van der Waals surface area contributed by atoms with Gasteiger partial charge in [-0.15, -0.1) is 21.5 Å². The van der Waals surface area contributed by atoms with Crippen LogP contribution in [0.3, 0.4) is 0 Å². The van der Waals surface area contributed by atoms with E-state index in [0.29, 0.717) is 22.4 Å². The molecule has 0 saturated heterocycles. The second-order valence-electron chi connectivity index (χ2n) is 6.86. The van der Waals surface area contributed by atoms with Gasteiger partial charge in [-0.2, -0.15) is 0 Å². The largest absolute Gasteiger partial charge is 0.423 e. The van der Waals surface area contributed by atoms with E-state index in [1.54, 1.807) is 29.2 Å². The van der Waals surface area contributed by atoms with E-state index in [4.69, 9.17) is 16.0 Å². The number of aryl methyl sites for hydroxylation is 1. The number of aromatic nitrogens is 3. The second kappa shape index (κ2) is 7.06. The first-order valence-corrected chi connectivity index (χ1v) is 11.2. The third-order valence-corrected chi connectivity index (χ3v) is 7.05. The van der Waals surface area contributed by atoms with Crippen LogP contribution in [0.2, 0.25) is 5.02 Å². The molecule has 0 spiro atoms. The molecule has 0 N–H and O–H groups in total. The summed E-state index contributed by atoms with van der Waals surface area (Å²) in [5.41, 5.74) is 1.98. The molecule has 1 aliphatic rings. The molecule has 0 aliphatic heterocycles. The van der Waals surface area contributed by atoms with E-state index in [1.807, 2.05) is 25.1 Å². The van der Waals surface area contributed by atoms with Crippen molar-refractivity contribution in [2.24, 2.45) is 0 Å². The van der Waals surface area contributed by atoms with Crippen molar-refractivity contribution in [3.05, 3.63) is 62.3 Å². The molecule has 142 valence electrons.